The predicted octanol–water partition coefficient (Wildman–Crippen LogP) is 3.45. The molecule has 1 N–H and O–H groups in total. The highest BCUT2D eigenvalue weighted by molar-refractivity contribution is 6.02. The maximum atomic E-state index is 12.2. The van der Waals surface area contributed by atoms with Gasteiger partial charge in [-0.25, -0.2) is 0 Å². The summed E-state index contributed by atoms with van der Waals surface area (Å²) in [5.74, 6) is 0.562. The van der Waals surface area contributed by atoms with E-state index in [0.717, 1.165) is 22.6 Å². The van der Waals surface area contributed by atoms with Crippen molar-refractivity contribution in [1.29, 1.82) is 0 Å². The lowest BCUT2D eigenvalue weighted by Crippen LogP contribution is -2.07. The molecule has 0 unspecified atom stereocenters. The number of rotatable bonds is 5. The molecule has 0 aliphatic rings. The monoisotopic (exact) mass is 371 g/mol. The van der Waals surface area contributed by atoms with Crippen molar-refractivity contribution in [2.24, 2.45) is 0 Å². The Morgan fingerprint density at radius 3 is 2.79 bits per heavy atom. The Morgan fingerprint density at radius 2 is 1.96 bits per heavy atom. The number of hydrogen-bond donors (Lipinski definition) is 1. The third-order valence-corrected chi connectivity index (χ3v) is 4.13. The fraction of sp³-hybridized carbons (Fsp3) is 0.0476. The number of nitrogens with one attached hydrogen (secondary N) is 1. The van der Waals surface area contributed by atoms with E-state index in [4.69, 9.17) is 4.74 Å². The van der Waals surface area contributed by atoms with Gasteiger partial charge < -0.3 is 10.1 Å². The maximum absolute atomic E-state index is 12.2. The number of benzene rings is 2. The average molecular weight is 371 g/mol. The van der Waals surface area contributed by atoms with Crippen LogP contribution in [0.2, 0.25) is 0 Å². The van der Waals surface area contributed by atoms with Crippen molar-refractivity contribution in [1.82, 2.24) is 19.8 Å². The van der Waals surface area contributed by atoms with E-state index in [1.54, 1.807) is 24.0 Å². The number of carbonyl (C=O) groups is 1. The molecule has 7 nitrogen and oxygen atoms in total. The Balaban J connectivity index is 1.47. The fourth-order valence-electron chi connectivity index (χ4n) is 2.71. The second-order valence-corrected chi connectivity index (χ2v) is 6.03. The third kappa shape index (κ3) is 3.88. The molecule has 2 aromatic carbocycles. The zero-order valence-electron chi connectivity index (χ0n) is 15.1. The maximum Gasteiger partial charge on any atom is 0.248 e. The number of amides is 1. The number of anilines is 1. The molecule has 138 valence electrons. The Labute approximate surface area is 161 Å². The number of carbonyl (C=O) groups excluding carboxylic acids is 1. The topological polar surface area (TPSA) is 81.4 Å². The number of hydrogen-bond acceptors (Lipinski definition) is 5. The molecule has 0 radical (unpaired) electrons. The minimum Gasteiger partial charge on any atom is -0.497 e. The number of aromatic nitrogens is 4. The lowest BCUT2D eigenvalue weighted by Gasteiger charge is -2.06. The number of ether oxygens (including phenoxy) is 1. The first-order chi connectivity index (χ1) is 13.7. The van der Waals surface area contributed by atoms with Gasteiger partial charge in [0, 0.05) is 17.3 Å². The smallest absolute Gasteiger partial charge is 0.248 e. The molecule has 0 aliphatic carbocycles. The minimum atomic E-state index is -0.213. The fourth-order valence-corrected chi connectivity index (χ4v) is 2.71. The van der Waals surface area contributed by atoms with Gasteiger partial charge in [0.2, 0.25) is 5.91 Å². The van der Waals surface area contributed by atoms with Crippen molar-refractivity contribution < 1.29 is 9.53 Å². The van der Waals surface area contributed by atoms with Crippen molar-refractivity contribution in [3.8, 4) is 17.0 Å². The van der Waals surface area contributed by atoms with Gasteiger partial charge in [-0.3, -0.25) is 4.79 Å². The summed E-state index contributed by atoms with van der Waals surface area (Å²) in [6.07, 6.45) is 4.80. The molecule has 7 heteroatoms. The third-order valence-electron chi connectivity index (χ3n) is 4.13. The Hall–Kier alpha value is -4.00. The first-order valence-corrected chi connectivity index (χ1v) is 8.62. The van der Waals surface area contributed by atoms with Gasteiger partial charge in [-0.15, -0.1) is 10.2 Å². The van der Waals surface area contributed by atoms with Gasteiger partial charge >= 0.3 is 0 Å². The van der Waals surface area contributed by atoms with Crippen LogP contribution in [0.25, 0.3) is 23.0 Å². The molecule has 2 aromatic heterocycles. The molecule has 0 saturated carbocycles. The van der Waals surface area contributed by atoms with Crippen LogP contribution in [0.4, 0.5) is 5.69 Å². The van der Waals surface area contributed by atoms with Crippen molar-refractivity contribution in [3.63, 3.8) is 0 Å². The summed E-state index contributed by atoms with van der Waals surface area (Å²) in [6, 6.07) is 18.7. The van der Waals surface area contributed by atoms with E-state index in [2.05, 4.69) is 20.6 Å². The van der Waals surface area contributed by atoms with Crippen LogP contribution in [0.15, 0.2) is 73.1 Å². The van der Waals surface area contributed by atoms with Gasteiger partial charge in [0.25, 0.3) is 0 Å². The van der Waals surface area contributed by atoms with Gasteiger partial charge in [0.05, 0.1) is 12.8 Å². The van der Waals surface area contributed by atoms with Crippen molar-refractivity contribution in [2.45, 2.75) is 0 Å². The molecule has 1 amide bonds. The summed E-state index contributed by atoms with van der Waals surface area (Å²) >= 11 is 0. The molecule has 0 bridgehead atoms. The zero-order chi connectivity index (χ0) is 19.3. The lowest BCUT2D eigenvalue weighted by atomic mass is 10.1. The first kappa shape index (κ1) is 17.4. The van der Waals surface area contributed by atoms with Crippen LogP contribution in [0.5, 0.6) is 5.75 Å². The standard InChI is InChI=1S/C21H17N5O2/c1-28-18-8-5-15(6-9-18)7-12-21(27)23-17-4-2-3-16(13-17)19-10-11-20-24-22-14-26(20)25-19/h2-14H,1H3,(H,23,27)/b12-7+. The van der Waals surface area contributed by atoms with Crippen molar-refractivity contribution >= 4 is 23.3 Å². The zero-order valence-corrected chi connectivity index (χ0v) is 15.1. The summed E-state index contributed by atoms with van der Waals surface area (Å²) in [5.41, 5.74) is 3.92. The lowest BCUT2D eigenvalue weighted by molar-refractivity contribution is -0.111. The Kier molecular flexibility index (Phi) is 4.79. The molecule has 28 heavy (non-hydrogen) atoms. The number of nitrogens with zero attached hydrogens (tertiary/aromatic N) is 4. The van der Waals surface area contributed by atoms with E-state index >= 15 is 0 Å². The second-order valence-electron chi connectivity index (χ2n) is 6.03. The molecule has 0 fully saturated rings. The van der Waals surface area contributed by atoms with E-state index in [1.165, 1.54) is 6.08 Å². The van der Waals surface area contributed by atoms with Crippen LogP contribution in [0, 0.1) is 0 Å². The highest BCUT2D eigenvalue weighted by atomic mass is 16.5. The Morgan fingerprint density at radius 1 is 1.11 bits per heavy atom. The van der Waals surface area contributed by atoms with E-state index in [-0.39, 0.29) is 5.91 Å². The molecule has 2 heterocycles. The molecule has 0 aliphatic heterocycles. The van der Waals surface area contributed by atoms with Crippen LogP contribution in [-0.2, 0) is 4.79 Å². The van der Waals surface area contributed by atoms with E-state index in [9.17, 15) is 4.79 Å². The summed E-state index contributed by atoms with van der Waals surface area (Å²) in [6.45, 7) is 0. The highest BCUT2D eigenvalue weighted by Gasteiger charge is 2.05. The van der Waals surface area contributed by atoms with E-state index < -0.39 is 0 Å². The molecular weight excluding hydrogens is 354 g/mol. The van der Waals surface area contributed by atoms with Gasteiger partial charge in [-0.1, -0.05) is 24.3 Å². The molecule has 0 spiro atoms. The second kappa shape index (κ2) is 7.71. The molecular formula is C21H17N5O2. The van der Waals surface area contributed by atoms with Crippen LogP contribution in [-0.4, -0.2) is 32.8 Å². The Bertz CT molecular complexity index is 1150. The van der Waals surface area contributed by atoms with E-state index in [0.29, 0.717) is 11.3 Å². The predicted molar refractivity (Wildman–Crippen MR) is 107 cm³/mol. The highest BCUT2D eigenvalue weighted by Crippen LogP contribution is 2.21. The molecule has 0 atom stereocenters. The van der Waals surface area contributed by atoms with Gasteiger partial charge in [-0.05, 0) is 48.0 Å². The summed E-state index contributed by atoms with van der Waals surface area (Å²) < 4.78 is 6.73. The minimum absolute atomic E-state index is 0.213. The average Bonchev–Trinajstić information content (AvgIpc) is 3.21. The summed E-state index contributed by atoms with van der Waals surface area (Å²) in [4.78, 5) is 12.2. The number of methoxy groups -OCH3 is 1. The molecule has 0 saturated heterocycles. The van der Waals surface area contributed by atoms with Crippen molar-refractivity contribution in [3.05, 3.63) is 78.6 Å². The molecule has 4 aromatic rings. The first-order valence-electron chi connectivity index (χ1n) is 8.62. The van der Waals surface area contributed by atoms with Gasteiger partial charge in [0.1, 0.15) is 12.1 Å². The summed E-state index contributed by atoms with van der Waals surface area (Å²) in [7, 11) is 1.62. The quantitative estimate of drug-likeness (QED) is 0.544. The number of fused-ring (bicyclic) bond motifs is 1. The summed E-state index contributed by atoms with van der Waals surface area (Å²) in [5, 5.41) is 15.1. The largest absolute Gasteiger partial charge is 0.497 e. The van der Waals surface area contributed by atoms with Crippen molar-refractivity contribution in [2.75, 3.05) is 12.4 Å². The van der Waals surface area contributed by atoms with Crippen LogP contribution < -0.4 is 10.1 Å². The van der Waals surface area contributed by atoms with Crippen LogP contribution >= 0.6 is 0 Å². The van der Waals surface area contributed by atoms with Gasteiger partial charge in [0.15, 0.2) is 5.65 Å². The van der Waals surface area contributed by atoms with Gasteiger partial charge in [-0.2, -0.15) is 9.61 Å². The van der Waals surface area contributed by atoms with Crippen LogP contribution in [0.1, 0.15) is 5.56 Å². The van der Waals surface area contributed by atoms with Crippen LogP contribution in [0.3, 0.4) is 0 Å². The van der Waals surface area contributed by atoms with E-state index in [1.807, 2.05) is 60.7 Å². The molecule has 4 rings (SSSR count). The SMILES string of the molecule is COc1ccc(/C=C/C(=O)Nc2cccc(-c3ccc4nncn4n3)c2)cc1. The normalized spacial score (nSPS) is 11.0.